The van der Waals surface area contributed by atoms with Gasteiger partial charge in [0.15, 0.2) is 0 Å². The lowest BCUT2D eigenvalue weighted by atomic mass is 9.82. The Morgan fingerprint density at radius 2 is 1.71 bits per heavy atom. The molecule has 0 saturated heterocycles. The van der Waals surface area contributed by atoms with Gasteiger partial charge in [0.2, 0.25) is 0 Å². The molecule has 4 heteroatoms. The van der Waals surface area contributed by atoms with Crippen molar-refractivity contribution in [2.75, 3.05) is 0 Å². The molecule has 2 unspecified atom stereocenters. The van der Waals surface area contributed by atoms with Crippen LogP contribution in [0.25, 0.3) is 0 Å². The predicted molar refractivity (Wildman–Crippen MR) is 92.2 cm³/mol. The predicted octanol–water partition coefficient (Wildman–Crippen LogP) is 6.09. The smallest absolute Gasteiger partial charge is 0.123 e. The second-order valence-electron chi connectivity index (χ2n) is 6.38. The minimum atomic E-state index is -0.193. The van der Waals surface area contributed by atoms with Crippen LogP contribution in [-0.4, -0.2) is 0 Å². The van der Waals surface area contributed by atoms with Gasteiger partial charge in [0.05, 0.1) is 3.79 Å². The number of nitrogens with one attached hydrogen (secondary N) is 1. The molecule has 1 N–H and O–H groups in total. The van der Waals surface area contributed by atoms with E-state index in [0.29, 0.717) is 0 Å². The van der Waals surface area contributed by atoms with Crippen LogP contribution in [0.2, 0.25) is 0 Å². The molecular formula is C17H21BrFNS. The van der Waals surface area contributed by atoms with Gasteiger partial charge >= 0.3 is 0 Å². The summed E-state index contributed by atoms with van der Waals surface area (Å²) in [5.74, 6) is -0.193. The molecule has 2 atom stereocenters. The van der Waals surface area contributed by atoms with Crippen molar-refractivity contribution in [3.63, 3.8) is 0 Å². The largest absolute Gasteiger partial charge is 0.302 e. The Balaban J connectivity index is 2.23. The first-order valence-electron chi connectivity index (χ1n) is 7.04. The molecule has 0 spiro atoms. The van der Waals surface area contributed by atoms with Crippen LogP contribution < -0.4 is 5.32 Å². The van der Waals surface area contributed by atoms with Crippen molar-refractivity contribution in [1.29, 1.82) is 0 Å². The Hall–Kier alpha value is -0.710. The summed E-state index contributed by atoms with van der Waals surface area (Å²) in [4.78, 5) is 1.29. The molecule has 0 aliphatic rings. The van der Waals surface area contributed by atoms with E-state index in [2.05, 4.69) is 61.1 Å². The van der Waals surface area contributed by atoms with Gasteiger partial charge in [-0.3, -0.25) is 0 Å². The summed E-state index contributed by atoms with van der Waals surface area (Å²) in [5.41, 5.74) is 1.16. The van der Waals surface area contributed by atoms with E-state index < -0.39 is 0 Å². The van der Waals surface area contributed by atoms with Crippen molar-refractivity contribution in [2.45, 2.75) is 39.8 Å². The van der Waals surface area contributed by atoms with Crippen LogP contribution in [0.15, 0.2) is 40.2 Å². The maximum absolute atomic E-state index is 13.2. The maximum Gasteiger partial charge on any atom is 0.123 e. The number of hydrogen-bond acceptors (Lipinski definition) is 2. The monoisotopic (exact) mass is 369 g/mol. The van der Waals surface area contributed by atoms with E-state index in [9.17, 15) is 4.39 Å². The van der Waals surface area contributed by atoms with Gasteiger partial charge in [0.25, 0.3) is 0 Å². The van der Waals surface area contributed by atoms with Gasteiger partial charge in [-0.2, -0.15) is 0 Å². The summed E-state index contributed by atoms with van der Waals surface area (Å²) in [6.45, 7) is 8.77. The summed E-state index contributed by atoms with van der Waals surface area (Å²) in [7, 11) is 0. The van der Waals surface area contributed by atoms with Crippen molar-refractivity contribution >= 4 is 27.3 Å². The molecule has 0 amide bonds. The van der Waals surface area contributed by atoms with E-state index in [-0.39, 0.29) is 23.3 Å². The average molecular weight is 370 g/mol. The highest BCUT2D eigenvalue weighted by atomic mass is 79.9. The van der Waals surface area contributed by atoms with Gasteiger partial charge in [-0.1, -0.05) is 32.9 Å². The summed E-state index contributed by atoms with van der Waals surface area (Å²) in [6, 6.07) is 11.4. The molecule has 2 aromatic rings. The molecule has 114 valence electrons. The van der Waals surface area contributed by atoms with Gasteiger partial charge in [-0.15, -0.1) is 11.3 Å². The van der Waals surface area contributed by atoms with E-state index in [0.717, 1.165) is 9.35 Å². The zero-order chi connectivity index (χ0) is 15.6. The van der Waals surface area contributed by atoms with Gasteiger partial charge in [0.1, 0.15) is 5.82 Å². The fourth-order valence-electron chi connectivity index (χ4n) is 2.39. The van der Waals surface area contributed by atoms with Crippen LogP contribution in [0, 0.1) is 11.2 Å². The van der Waals surface area contributed by atoms with Crippen molar-refractivity contribution in [2.24, 2.45) is 5.41 Å². The van der Waals surface area contributed by atoms with Gasteiger partial charge in [-0.25, -0.2) is 4.39 Å². The standard InChI is InChI=1S/C17H21BrFNS/c1-11(14-9-10-15(18)21-14)20-16(17(2,3)4)12-5-7-13(19)8-6-12/h5-11,16,20H,1-4H3. The quantitative estimate of drug-likeness (QED) is 0.687. The second-order valence-corrected chi connectivity index (χ2v) is 8.88. The normalized spacial score (nSPS) is 15.0. The van der Waals surface area contributed by atoms with Crippen LogP contribution in [-0.2, 0) is 0 Å². The van der Waals surface area contributed by atoms with Gasteiger partial charge in [0, 0.05) is 17.0 Å². The topological polar surface area (TPSA) is 12.0 Å². The lowest BCUT2D eigenvalue weighted by molar-refractivity contribution is 0.255. The van der Waals surface area contributed by atoms with E-state index in [1.807, 2.05) is 12.1 Å². The second kappa shape index (κ2) is 6.59. The molecule has 0 bridgehead atoms. The van der Waals surface area contributed by atoms with Crippen LogP contribution in [0.3, 0.4) is 0 Å². The van der Waals surface area contributed by atoms with Crippen LogP contribution in [0.1, 0.15) is 50.2 Å². The SMILES string of the molecule is CC(NC(c1ccc(F)cc1)C(C)(C)C)c1ccc(Br)s1. The molecule has 1 aromatic heterocycles. The summed E-state index contributed by atoms with van der Waals surface area (Å²) < 4.78 is 14.3. The Bertz CT molecular complexity index is 586. The Kier molecular flexibility index (Phi) is 5.23. The van der Waals surface area contributed by atoms with Crippen LogP contribution in [0.4, 0.5) is 4.39 Å². The number of hydrogen-bond donors (Lipinski definition) is 1. The Morgan fingerprint density at radius 1 is 1.10 bits per heavy atom. The third-order valence-electron chi connectivity index (χ3n) is 3.51. The number of benzene rings is 1. The molecule has 0 fully saturated rings. The zero-order valence-electron chi connectivity index (χ0n) is 12.8. The Morgan fingerprint density at radius 3 is 2.19 bits per heavy atom. The first kappa shape index (κ1) is 16.7. The van der Waals surface area contributed by atoms with Crippen LogP contribution >= 0.6 is 27.3 Å². The molecule has 21 heavy (non-hydrogen) atoms. The van der Waals surface area contributed by atoms with Crippen molar-refractivity contribution in [1.82, 2.24) is 5.32 Å². The highest BCUT2D eigenvalue weighted by Crippen LogP contribution is 2.36. The molecule has 0 saturated carbocycles. The third-order valence-corrected chi connectivity index (χ3v) is 5.31. The van der Waals surface area contributed by atoms with E-state index in [1.165, 1.54) is 17.0 Å². The summed E-state index contributed by atoms with van der Waals surface area (Å²) >= 11 is 5.25. The lowest BCUT2D eigenvalue weighted by Crippen LogP contribution is -2.33. The molecular weight excluding hydrogens is 349 g/mol. The van der Waals surface area contributed by atoms with E-state index in [1.54, 1.807) is 11.3 Å². The number of rotatable bonds is 4. The molecule has 0 aliphatic carbocycles. The average Bonchev–Trinajstić information content (AvgIpc) is 2.82. The number of halogens is 2. The highest BCUT2D eigenvalue weighted by Gasteiger charge is 2.28. The first-order chi connectivity index (χ1) is 9.77. The number of thiophene rings is 1. The summed E-state index contributed by atoms with van der Waals surface area (Å²) in [5, 5.41) is 3.69. The van der Waals surface area contributed by atoms with Crippen molar-refractivity contribution in [3.05, 3.63) is 56.4 Å². The fourth-order valence-corrected chi connectivity index (χ4v) is 3.83. The van der Waals surface area contributed by atoms with Crippen molar-refractivity contribution in [3.8, 4) is 0 Å². The van der Waals surface area contributed by atoms with Gasteiger partial charge in [-0.05, 0) is 58.1 Å². The fraction of sp³-hybridized carbons (Fsp3) is 0.412. The van der Waals surface area contributed by atoms with Crippen molar-refractivity contribution < 1.29 is 4.39 Å². The molecule has 1 aromatic carbocycles. The maximum atomic E-state index is 13.2. The minimum absolute atomic E-state index is 0.0422. The molecule has 1 nitrogen and oxygen atoms in total. The van der Waals surface area contributed by atoms with E-state index >= 15 is 0 Å². The lowest BCUT2D eigenvalue weighted by Gasteiger charge is -2.34. The first-order valence-corrected chi connectivity index (χ1v) is 8.65. The Labute approximate surface area is 138 Å². The molecule has 1 heterocycles. The molecule has 0 radical (unpaired) electrons. The molecule has 0 aliphatic heterocycles. The third kappa shape index (κ3) is 4.38. The zero-order valence-corrected chi connectivity index (χ0v) is 15.2. The van der Waals surface area contributed by atoms with E-state index in [4.69, 9.17) is 0 Å². The minimum Gasteiger partial charge on any atom is -0.302 e. The van der Waals surface area contributed by atoms with Gasteiger partial charge < -0.3 is 5.32 Å². The molecule has 2 rings (SSSR count). The van der Waals surface area contributed by atoms with Crippen LogP contribution in [0.5, 0.6) is 0 Å². The highest BCUT2D eigenvalue weighted by molar-refractivity contribution is 9.11. The summed E-state index contributed by atoms with van der Waals surface area (Å²) in [6.07, 6.45) is 0.